The lowest BCUT2D eigenvalue weighted by atomic mass is 9.78. The van der Waals surface area contributed by atoms with Crippen LogP contribution in [0.2, 0.25) is 5.02 Å². The number of anilines is 1. The molecule has 3 rings (SSSR count). The monoisotopic (exact) mass is 483 g/mol. The van der Waals surface area contributed by atoms with Gasteiger partial charge in [0.2, 0.25) is 11.8 Å². The van der Waals surface area contributed by atoms with E-state index in [0.717, 1.165) is 23.7 Å². The minimum absolute atomic E-state index is 0.0472. The number of nitriles is 1. The van der Waals surface area contributed by atoms with Gasteiger partial charge in [-0.25, -0.2) is 0 Å². The zero-order valence-electron chi connectivity index (χ0n) is 18.1. The molecule has 7 nitrogen and oxygen atoms in total. The van der Waals surface area contributed by atoms with Crippen LogP contribution in [0.3, 0.4) is 0 Å². The number of amides is 2. The first-order valence-electron chi connectivity index (χ1n) is 10.2. The third-order valence-corrected chi connectivity index (χ3v) is 6.58. The maximum absolute atomic E-state index is 12.8. The Morgan fingerprint density at radius 1 is 1.21 bits per heavy atom. The van der Waals surface area contributed by atoms with Gasteiger partial charge in [0, 0.05) is 16.6 Å². The number of thioether (sulfide) groups is 1. The van der Waals surface area contributed by atoms with Gasteiger partial charge < -0.3 is 15.4 Å². The first-order chi connectivity index (χ1) is 15.9. The summed E-state index contributed by atoms with van der Waals surface area (Å²) in [5, 5.41) is 15.8. The summed E-state index contributed by atoms with van der Waals surface area (Å²) in [5.74, 6) is -3.95. The van der Waals surface area contributed by atoms with E-state index in [-0.39, 0.29) is 22.3 Å². The van der Waals surface area contributed by atoms with Crippen molar-refractivity contribution in [1.29, 1.82) is 5.26 Å². The number of esters is 1. The number of ether oxygens (including phenoxy) is 1. The molecule has 0 aliphatic carbocycles. The second-order valence-corrected chi connectivity index (χ2v) is 8.62. The zero-order valence-corrected chi connectivity index (χ0v) is 19.6. The smallest absolute Gasteiger partial charge is 0.319 e. The Hall–Kier alpha value is -3.28. The molecule has 1 heterocycles. The average molecular weight is 484 g/mol. The Kier molecular flexibility index (Phi) is 8.15. The van der Waals surface area contributed by atoms with Crippen LogP contribution in [0, 0.1) is 17.2 Å². The number of carbonyl (C=O) groups is 3. The Bertz CT molecular complexity index is 1140. The van der Waals surface area contributed by atoms with Crippen LogP contribution in [-0.4, -0.2) is 30.6 Å². The highest BCUT2D eigenvalue weighted by atomic mass is 35.5. The summed E-state index contributed by atoms with van der Waals surface area (Å²) in [4.78, 5) is 37.7. The van der Waals surface area contributed by atoms with E-state index in [0.29, 0.717) is 16.3 Å². The maximum Gasteiger partial charge on any atom is 0.319 e. The van der Waals surface area contributed by atoms with Crippen LogP contribution in [-0.2, 0) is 25.5 Å². The molecule has 0 saturated carbocycles. The Labute approximate surface area is 201 Å². The van der Waals surface area contributed by atoms with E-state index in [2.05, 4.69) is 16.7 Å². The molecule has 2 N–H and O–H groups in total. The molecule has 9 heteroatoms. The highest BCUT2D eigenvalue weighted by Crippen LogP contribution is 2.42. The molecule has 33 heavy (non-hydrogen) atoms. The largest absolute Gasteiger partial charge is 0.468 e. The van der Waals surface area contributed by atoms with Crippen molar-refractivity contribution < 1.29 is 19.1 Å². The quantitative estimate of drug-likeness (QED) is 0.455. The van der Waals surface area contributed by atoms with Crippen molar-refractivity contribution in [2.45, 2.75) is 19.3 Å². The van der Waals surface area contributed by atoms with Crippen LogP contribution in [0.15, 0.2) is 59.1 Å². The summed E-state index contributed by atoms with van der Waals surface area (Å²) < 4.78 is 4.82. The van der Waals surface area contributed by atoms with Gasteiger partial charge in [0.25, 0.3) is 0 Å². The third kappa shape index (κ3) is 5.56. The number of allylic oxidation sites excluding steroid dienone is 1. The first-order valence-corrected chi connectivity index (χ1v) is 11.5. The lowest BCUT2D eigenvalue weighted by Gasteiger charge is -2.31. The molecule has 2 aromatic carbocycles. The highest BCUT2D eigenvalue weighted by molar-refractivity contribution is 8.03. The molecule has 2 amide bonds. The molecule has 0 radical (unpaired) electrons. The van der Waals surface area contributed by atoms with Gasteiger partial charge in [-0.2, -0.15) is 5.26 Å². The van der Waals surface area contributed by atoms with E-state index in [1.165, 1.54) is 7.11 Å². The maximum atomic E-state index is 12.8. The predicted octanol–water partition coefficient (Wildman–Crippen LogP) is 4.01. The van der Waals surface area contributed by atoms with Crippen molar-refractivity contribution in [2.75, 3.05) is 18.2 Å². The van der Waals surface area contributed by atoms with Crippen molar-refractivity contribution in [3.05, 3.63) is 75.3 Å². The van der Waals surface area contributed by atoms with Crippen LogP contribution in [0.25, 0.3) is 0 Å². The van der Waals surface area contributed by atoms with Crippen LogP contribution >= 0.6 is 23.4 Å². The van der Waals surface area contributed by atoms with Gasteiger partial charge in [0.1, 0.15) is 5.92 Å². The Morgan fingerprint density at radius 2 is 1.91 bits per heavy atom. The topological polar surface area (TPSA) is 108 Å². The standard InChI is InChI=1S/C24H22ClN3O4S/c1-3-14-8-10-15(11-9-14)27-19(29)13-33-23-17(12-26)20(16-6-4-5-7-18(16)25)21(22(30)28-23)24(31)32-2/h4-11,20-21H,3,13H2,1-2H3,(H,27,29)(H,28,30)/t20-,21+/m0/s1. The van der Waals surface area contributed by atoms with Crippen molar-refractivity contribution in [1.82, 2.24) is 5.32 Å². The van der Waals surface area contributed by atoms with E-state index < -0.39 is 23.7 Å². The fourth-order valence-electron chi connectivity index (χ4n) is 3.54. The fourth-order valence-corrected chi connectivity index (χ4v) is 4.64. The predicted molar refractivity (Wildman–Crippen MR) is 127 cm³/mol. The number of methoxy groups -OCH3 is 1. The minimum Gasteiger partial charge on any atom is -0.468 e. The second-order valence-electron chi connectivity index (χ2n) is 7.23. The lowest BCUT2D eigenvalue weighted by molar-refractivity contribution is -0.150. The minimum atomic E-state index is -1.28. The Balaban J connectivity index is 1.87. The van der Waals surface area contributed by atoms with Gasteiger partial charge >= 0.3 is 5.97 Å². The zero-order chi connectivity index (χ0) is 24.0. The molecule has 0 unspecified atom stereocenters. The van der Waals surface area contributed by atoms with Crippen molar-refractivity contribution >= 4 is 46.8 Å². The summed E-state index contributed by atoms with van der Waals surface area (Å²) in [6, 6.07) is 16.3. The highest BCUT2D eigenvalue weighted by Gasteiger charge is 2.45. The summed E-state index contributed by atoms with van der Waals surface area (Å²) in [5.41, 5.74) is 2.41. The van der Waals surface area contributed by atoms with Gasteiger partial charge in [0.05, 0.1) is 29.5 Å². The van der Waals surface area contributed by atoms with Crippen LogP contribution in [0.1, 0.15) is 24.0 Å². The van der Waals surface area contributed by atoms with Gasteiger partial charge in [-0.1, -0.05) is 60.6 Å². The number of nitrogens with zero attached hydrogens (tertiary/aromatic N) is 1. The van der Waals surface area contributed by atoms with E-state index in [4.69, 9.17) is 16.3 Å². The third-order valence-electron chi connectivity index (χ3n) is 5.22. The van der Waals surface area contributed by atoms with Gasteiger partial charge in [-0.05, 0) is 35.7 Å². The molecular formula is C24H22ClN3O4S. The van der Waals surface area contributed by atoms with E-state index >= 15 is 0 Å². The molecule has 0 fully saturated rings. The number of halogens is 1. The molecular weight excluding hydrogens is 462 g/mol. The number of nitrogens with one attached hydrogen (secondary N) is 2. The normalized spacial score (nSPS) is 17.7. The number of aryl methyl sites for hydroxylation is 1. The van der Waals surface area contributed by atoms with Crippen LogP contribution in [0.4, 0.5) is 5.69 Å². The number of hydrogen-bond acceptors (Lipinski definition) is 6. The van der Waals surface area contributed by atoms with E-state index in [1.807, 2.05) is 31.2 Å². The van der Waals surface area contributed by atoms with Gasteiger partial charge in [-0.3, -0.25) is 14.4 Å². The summed E-state index contributed by atoms with van der Waals surface area (Å²) >= 11 is 7.35. The number of carbonyl (C=O) groups excluding carboxylic acids is 3. The molecule has 2 aromatic rings. The Morgan fingerprint density at radius 3 is 2.52 bits per heavy atom. The lowest BCUT2D eigenvalue weighted by Crippen LogP contribution is -2.44. The SMILES string of the molecule is CCc1ccc(NC(=O)CSC2=C(C#N)[C@H](c3ccccc3Cl)[C@@H](C(=O)OC)C(=O)N2)cc1. The molecule has 0 spiro atoms. The summed E-state index contributed by atoms with van der Waals surface area (Å²) in [6.45, 7) is 2.05. The molecule has 0 saturated heterocycles. The molecule has 1 aliphatic rings. The van der Waals surface area contributed by atoms with E-state index in [9.17, 15) is 19.6 Å². The number of hydrogen-bond donors (Lipinski definition) is 2. The molecule has 2 atom stereocenters. The van der Waals surface area contributed by atoms with Crippen molar-refractivity contribution in [3.63, 3.8) is 0 Å². The summed E-state index contributed by atoms with van der Waals surface area (Å²) in [7, 11) is 1.18. The van der Waals surface area contributed by atoms with Crippen molar-refractivity contribution in [3.8, 4) is 6.07 Å². The van der Waals surface area contributed by atoms with Gasteiger partial charge in [-0.15, -0.1) is 0 Å². The molecule has 170 valence electrons. The van der Waals surface area contributed by atoms with Crippen LogP contribution < -0.4 is 10.6 Å². The first kappa shape index (κ1) is 24.4. The van der Waals surface area contributed by atoms with E-state index in [1.54, 1.807) is 24.3 Å². The number of benzene rings is 2. The molecule has 1 aliphatic heterocycles. The summed E-state index contributed by atoms with van der Waals surface area (Å²) in [6.07, 6.45) is 0.897. The second kappa shape index (κ2) is 11.0. The fraction of sp³-hybridized carbons (Fsp3) is 0.250. The number of rotatable bonds is 7. The molecule has 0 bridgehead atoms. The van der Waals surface area contributed by atoms with Crippen LogP contribution in [0.5, 0.6) is 0 Å². The average Bonchev–Trinajstić information content (AvgIpc) is 2.82. The molecule has 0 aromatic heterocycles. The van der Waals surface area contributed by atoms with Crippen molar-refractivity contribution in [2.24, 2.45) is 5.92 Å². The van der Waals surface area contributed by atoms with Gasteiger partial charge in [0.15, 0.2) is 0 Å².